The number of hydrogen-bond donors (Lipinski definition) is 1. The van der Waals surface area contributed by atoms with Crippen molar-refractivity contribution in [1.29, 1.82) is 0 Å². The number of benzene rings is 2. The molecule has 0 saturated carbocycles. The van der Waals surface area contributed by atoms with Crippen LogP contribution in [-0.4, -0.2) is 50.3 Å². The molecule has 2 aliphatic rings. The molecular weight excluding hydrogens is 559 g/mol. The maximum Gasteiger partial charge on any atom is 0.261 e. The highest BCUT2D eigenvalue weighted by Crippen LogP contribution is 2.39. The van der Waals surface area contributed by atoms with Crippen LogP contribution in [-0.2, 0) is 16.2 Å². The van der Waals surface area contributed by atoms with Gasteiger partial charge < -0.3 is 19.4 Å². The van der Waals surface area contributed by atoms with Crippen LogP contribution in [0.3, 0.4) is 0 Å². The lowest BCUT2D eigenvalue weighted by atomic mass is 9.97. The van der Waals surface area contributed by atoms with Crippen molar-refractivity contribution in [1.82, 2.24) is 9.55 Å². The Hall–Kier alpha value is -2.75. The maximum absolute atomic E-state index is 14.7. The Balaban J connectivity index is 1.42. The van der Waals surface area contributed by atoms with E-state index in [1.165, 1.54) is 6.07 Å². The van der Waals surface area contributed by atoms with E-state index in [-0.39, 0.29) is 34.5 Å². The Labute approximate surface area is 256 Å². The molecule has 0 radical (unpaired) electrons. The number of fused-ring (bicyclic) bond motifs is 1. The van der Waals surface area contributed by atoms with E-state index in [0.29, 0.717) is 18.6 Å². The molecule has 0 aliphatic carbocycles. The van der Waals surface area contributed by atoms with E-state index in [9.17, 15) is 9.18 Å². The fourth-order valence-corrected chi connectivity index (χ4v) is 7.66. The predicted octanol–water partition coefficient (Wildman–Crippen LogP) is 7.44. The van der Waals surface area contributed by atoms with Gasteiger partial charge in [-0.15, -0.1) is 0 Å². The topological polar surface area (TPSA) is 68.6 Å². The normalized spacial score (nSPS) is 18.3. The van der Waals surface area contributed by atoms with E-state index in [0.717, 1.165) is 72.6 Å². The number of aryl methyl sites for hydroxylation is 1. The SMILES string of the molecule is Cc1cc([C@@H](C)Nc2cc(F)ccc2N2CCC(O[Si](C)(C)C(C)(C)C)CC2)c2nc(C3CCOCC3)n(C)c(=O)c2c1. The van der Waals surface area contributed by atoms with Gasteiger partial charge in [-0.3, -0.25) is 9.36 Å². The van der Waals surface area contributed by atoms with Crippen molar-refractivity contribution >= 4 is 30.6 Å². The van der Waals surface area contributed by atoms with Crippen molar-refractivity contribution in [2.45, 2.75) is 96.5 Å². The van der Waals surface area contributed by atoms with Gasteiger partial charge in [0.2, 0.25) is 0 Å². The summed E-state index contributed by atoms with van der Waals surface area (Å²) in [5.41, 5.74) is 4.37. The Morgan fingerprint density at radius 2 is 1.77 bits per heavy atom. The van der Waals surface area contributed by atoms with Crippen molar-refractivity contribution in [2.24, 2.45) is 7.05 Å². The molecule has 9 heteroatoms. The second-order valence-corrected chi connectivity index (χ2v) is 18.8. The fraction of sp³-hybridized carbons (Fsp3) is 0.588. The number of halogens is 1. The first kappa shape index (κ1) is 31.7. The predicted molar refractivity (Wildman–Crippen MR) is 176 cm³/mol. The number of nitrogens with zero attached hydrogens (tertiary/aromatic N) is 3. The molecule has 1 N–H and O–H groups in total. The minimum absolute atomic E-state index is 0.0297. The number of anilines is 2. The lowest BCUT2D eigenvalue weighted by Crippen LogP contribution is -2.47. The monoisotopic (exact) mass is 608 g/mol. The molecule has 7 nitrogen and oxygen atoms in total. The number of rotatable bonds is 7. The molecule has 1 atom stereocenters. The van der Waals surface area contributed by atoms with Crippen LogP contribution < -0.4 is 15.8 Å². The second-order valence-electron chi connectivity index (χ2n) is 14.1. The first-order chi connectivity index (χ1) is 20.2. The molecule has 0 spiro atoms. The fourth-order valence-electron chi connectivity index (χ4n) is 6.24. The molecule has 2 fully saturated rings. The Bertz CT molecular complexity index is 1520. The quantitative estimate of drug-likeness (QED) is 0.281. The van der Waals surface area contributed by atoms with Crippen molar-refractivity contribution < 1.29 is 13.6 Å². The van der Waals surface area contributed by atoms with Crippen LogP contribution in [0.15, 0.2) is 35.1 Å². The molecule has 1 aromatic heterocycles. The minimum Gasteiger partial charge on any atom is -0.414 e. The van der Waals surface area contributed by atoms with Gasteiger partial charge in [-0.1, -0.05) is 26.8 Å². The molecule has 2 saturated heterocycles. The third kappa shape index (κ3) is 6.69. The highest BCUT2D eigenvalue weighted by molar-refractivity contribution is 6.74. The van der Waals surface area contributed by atoms with E-state index in [1.54, 1.807) is 10.6 Å². The third-order valence-electron chi connectivity index (χ3n) is 9.82. The zero-order valence-corrected chi connectivity index (χ0v) is 28.2. The summed E-state index contributed by atoms with van der Waals surface area (Å²) in [4.78, 5) is 21.0. The lowest BCUT2D eigenvalue weighted by Gasteiger charge is -2.42. The van der Waals surface area contributed by atoms with Crippen molar-refractivity contribution in [3.63, 3.8) is 0 Å². The number of ether oxygens (including phenoxy) is 1. The summed E-state index contributed by atoms with van der Waals surface area (Å²) in [6.07, 6.45) is 3.86. The van der Waals surface area contributed by atoms with Gasteiger partial charge in [0, 0.05) is 50.9 Å². The van der Waals surface area contributed by atoms with Gasteiger partial charge >= 0.3 is 0 Å². The highest BCUT2D eigenvalue weighted by Gasteiger charge is 2.39. The summed E-state index contributed by atoms with van der Waals surface area (Å²) < 4.78 is 28.7. The smallest absolute Gasteiger partial charge is 0.261 e. The molecular formula is C34H49FN4O3Si. The van der Waals surface area contributed by atoms with Crippen molar-refractivity contribution in [3.05, 3.63) is 63.5 Å². The van der Waals surface area contributed by atoms with Gasteiger partial charge in [-0.05, 0) is 87.5 Å². The van der Waals surface area contributed by atoms with E-state index in [1.807, 2.05) is 26.1 Å². The molecule has 2 aliphatic heterocycles. The first-order valence-electron chi connectivity index (χ1n) is 15.8. The summed E-state index contributed by atoms with van der Waals surface area (Å²) in [6.45, 7) is 18.6. The molecule has 43 heavy (non-hydrogen) atoms. The first-order valence-corrected chi connectivity index (χ1v) is 18.7. The van der Waals surface area contributed by atoms with Crippen molar-refractivity contribution in [3.8, 4) is 0 Å². The van der Waals surface area contributed by atoms with E-state index in [2.05, 4.69) is 57.1 Å². The highest BCUT2D eigenvalue weighted by atomic mass is 28.4. The lowest BCUT2D eigenvalue weighted by molar-refractivity contribution is 0.0828. The molecule has 3 heterocycles. The second kappa shape index (κ2) is 12.3. The standard InChI is InChI=1S/C34H49FN4O3Si/c1-22-19-27(31-28(20-22)33(40)38(6)32(37-31)24-13-17-41-18-14-24)23(2)36-29-21-25(35)9-10-30(29)39-15-11-26(12-16-39)42-43(7,8)34(3,4)5/h9-10,19-21,23-24,26,36H,11-18H2,1-8H3/t23-/m1/s1. The van der Waals surface area contributed by atoms with Crippen LogP contribution in [0.1, 0.15) is 82.3 Å². The molecule has 2 aromatic carbocycles. The van der Waals surface area contributed by atoms with Crippen molar-refractivity contribution in [2.75, 3.05) is 36.5 Å². The molecule has 0 unspecified atom stereocenters. The molecule has 0 amide bonds. The van der Waals surface area contributed by atoms with E-state index >= 15 is 0 Å². The average Bonchev–Trinajstić information content (AvgIpc) is 2.95. The summed E-state index contributed by atoms with van der Waals surface area (Å²) >= 11 is 0. The zero-order chi connectivity index (χ0) is 31.1. The molecule has 0 bridgehead atoms. The Kier molecular flexibility index (Phi) is 9.08. The summed E-state index contributed by atoms with van der Waals surface area (Å²) in [6, 6.07) is 8.83. The van der Waals surface area contributed by atoms with Crippen LogP contribution in [0.4, 0.5) is 15.8 Å². The Morgan fingerprint density at radius 3 is 2.42 bits per heavy atom. The molecule has 3 aromatic rings. The van der Waals surface area contributed by atoms with E-state index in [4.69, 9.17) is 14.1 Å². The maximum atomic E-state index is 14.7. The van der Waals surface area contributed by atoms with Gasteiger partial charge in [-0.25, -0.2) is 9.37 Å². The van der Waals surface area contributed by atoms with Gasteiger partial charge in [0.1, 0.15) is 11.6 Å². The van der Waals surface area contributed by atoms with Crippen LogP contribution in [0.5, 0.6) is 0 Å². The van der Waals surface area contributed by atoms with Crippen LogP contribution in [0, 0.1) is 12.7 Å². The zero-order valence-electron chi connectivity index (χ0n) is 27.2. The largest absolute Gasteiger partial charge is 0.414 e. The van der Waals surface area contributed by atoms with Crippen LogP contribution in [0.2, 0.25) is 18.1 Å². The number of aromatic nitrogens is 2. The van der Waals surface area contributed by atoms with Gasteiger partial charge in [0.25, 0.3) is 5.56 Å². The number of hydrogen-bond acceptors (Lipinski definition) is 6. The molecule has 5 rings (SSSR count). The molecule has 234 valence electrons. The Morgan fingerprint density at radius 1 is 1.09 bits per heavy atom. The third-order valence-corrected chi connectivity index (χ3v) is 14.4. The number of piperidine rings is 1. The van der Waals surface area contributed by atoms with Crippen LogP contribution >= 0.6 is 0 Å². The summed E-state index contributed by atoms with van der Waals surface area (Å²) in [5.74, 6) is 0.719. The van der Waals surface area contributed by atoms with Gasteiger partial charge in [0.05, 0.1) is 28.3 Å². The van der Waals surface area contributed by atoms with Gasteiger partial charge in [-0.2, -0.15) is 0 Å². The average molecular weight is 609 g/mol. The van der Waals surface area contributed by atoms with E-state index < -0.39 is 8.32 Å². The summed E-state index contributed by atoms with van der Waals surface area (Å²) in [7, 11) is -0.0157. The summed E-state index contributed by atoms with van der Waals surface area (Å²) in [5, 5.41) is 4.41. The van der Waals surface area contributed by atoms with Crippen LogP contribution in [0.25, 0.3) is 10.9 Å². The minimum atomic E-state index is -1.84. The van der Waals surface area contributed by atoms with Gasteiger partial charge in [0.15, 0.2) is 8.32 Å². The number of nitrogens with one attached hydrogen (secondary N) is 1.